The maximum atomic E-state index is 3.85. The van der Waals surface area contributed by atoms with E-state index in [0.29, 0.717) is 12.1 Å². The van der Waals surface area contributed by atoms with Crippen molar-refractivity contribution in [3.63, 3.8) is 0 Å². The lowest BCUT2D eigenvalue weighted by Crippen LogP contribution is -2.36. The van der Waals surface area contributed by atoms with Crippen molar-refractivity contribution in [2.75, 3.05) is 11.5 Å². The molecular formula is C15H23NS. The van der Waals surface area contributed by atoms with Crippen molar-refractivity contribution in [1.82, 2.24) is 5.32 Å². The van der Waals surface area contributed by atoms with Gasteiger partial charge in [-0.3, -0.25) is 0 Å². The summed E-state index contributed by atoms with van der Waals surface area (Å²) in [6, 6.07) is 12.2. The summed E-state index contributed by atoms with van der Waals surface area (Å²) in [5, 5.41) is 3.85. The van der Waals surface area contributed by atoms with Crippen LogP contribution in [0.5, 0.6) is 0 Å². The third-order valence-corrected chi connectivity index (χ3v) is 4.59. The average Bonchev–Trinajstić information content (AvgIpc) is 2.40. The predicted octanol–water partition coefficient (Wildman–Crippen LogP) is 4.01. The molecule has 1 heterocycles. The minimum atomic E-state index is 0.546. The van der Waals surface area contributed by atoms with Crippen LogP contribution in [-0.4, -0.2) is 17.5 Å². The lowest BCUT2D eigenvalue weighted by molar-refractivity contribution is 0.412. The first-order valence-corrected chi connectivity index (χ1v) is 7.94. The van der Waals surface area contributed by atoms with Crippen LogP contribution in [0.25, 0.3) is 0 Å². The van der Waals surface area contributed by atoms with Gasteiger partial charge in [-0.15, -0.1) is 0 Å². The first-order chi connectivity index (χ1) is 8.40. The van der Waals surface area contributed by atoms with E-state index in [2.05, 4.69) is 54.3 Å². The van der Waals surface area contributed by atoms with E-state index in [0.717, 1.165) is 0 Å². The molecule has 1 saturated heterocycles. The number of nitrogens with one attached hydrogen (secondary N) is 1. The van der Waals surface area contributed by atoms with Gasteiger partial charge in [0.05, 0.1) is 0 Å². The van der Waals surface area contributed by atoms with Crippen LogP contribution in [0.15, 0.2) is 30.3 Å². The van der Waals surface area contributed by atoms with Crippen molar-refractivity contribution < 1.29 is 0 Å². The van der Waals surface area contributed by atoms with Crippen molar-refractivity contribution >= 4 is 11.8 Å². The van der Waals surface area contributed by atoms with Gasteiger partial charge in [0.1, 0.15) is 0 Å². The molecule has 0 aliphatic carbocycles. The first kappa shape index (κ1) is 13.0. The smallest absolute Gasteiger partial charge is 0.0322 e. The molecule has 1 aliphatic rings. The van der Waals surface area contributed by atoms with Crippen LogP contribution in [0.2, 0.25) is 0 Å². The molecule has 1 aromatic carbocycles. The summed E-state index contributed by atoms with van der Waals surface area (Å²) >= 11 is 2.10. The third-order valence-electron chi connectivity index (χ3n) is 3.38. The van der Waals surface area contributed by atoms with Gasteiger partial charge < -0.3 is 5.32 Å². The Bertz CT molecular complexity index is 306. The summed E-state index contributed by atoms with van der Waals surface area (Å²) in [4.78, 5) is 0. The number of thioether (sulfide) groups is 1. The normalized spacial score (nSPS) is 22.3. The average molecular weight is 249 g/mol. The zero-order valence-corrected chi connectivity index (χ0v) is 11.5. The van der Waals surface area contributed by atoms with E-state index >= 15 is 0 Å². The molecule has 1 nitrogen and oxygen atoms in total. The summed E-state index contributed by atoms with van der Waals surface area (Å²) in [5.74, 6) is 2.63. The summed E-state index contributed by atoms with van der Waals surface area (Å²) in [5.41, 5.74) is 1.45. The molecular weight excluding hydrogens is 226 g/mol. The molecule has 2 rings (SSSR count). The van der Waals surface area contributed by atoms with E-state index in [1.807, 2.05) is 0 Å². The molecule has 2 atom stereocenters. The molecule has 2 heteroatoms. The minimum absolute atomic E-state index is 0.546. The molecule has 1 fully saturated rings. The fourth-order valence-corrected chi connectivity index (χ4v) is 3.56. The maximum absolute atomic E-state index is 3.85. The van der Waals surface area contributed by atoms with Gasteiger partial charge in [-0.2, -0.15) is 11.8 Å². The predicted molar refractivity (Wildman–Crippen MR) is 77.6 cm³/mol. The lowest BCUT2D eigenvalue weighted by Gasteiger charge is -2.28. The highest BCUT2D eigenvalue weighted by Gasteiger charge is 2.18. The topological polar surface area (TPSA) is 12.0 Å². The Hall–Kier alpha value is -0.470. The van der Waals surface area contributed by atoms with Crippen LogP contribution < -0.4 is 5.32 Å². The largest absolute Gasteiger partial charge is 0.306 e. The third kappa shape index (κ3) is 4.04. The van der Waals surface area contributed by atoms with E-state index in [1.165, 1.54) is 42.8 Å². The van der Waals surface area contributed by atoms with Crippen molar-refractivity contribution in [3.8, 4) is 0 Å². The van der Waals surface area contributed by atoms with Crippen molar-refractivity contribution in [1.29, 1.82) is 0 Å². The van der Waals surface area contributed by atoms with Crippen LogP contribution >= 0.6 is 11.8 Å². The summed E-state index contributed by atoms with van der Waals surface area (Å²) < 4.78 is 0. The molecule has 1 N–H and O–H groups in total. The number of rotatable bonds is 5. The fraction of sp³-hybridized carbons (Fsp3) is 0.600. The molecule has 1 aliphatic heterocycles. The van der Waals surface area contributed by atoms with E-state index < -0.39 is 0 Å². The Labute approximate surface area is 109 Å². The van der Waals surface area contributed by atoms with Gasteiger partial charge in [0.2, 0.25) is 0 Å². The zero-order valence-electron chi connectivity index (χ0n) is 10.7. The first-order valence-electron chi connectivity index (χ1n) is 6.79. The van der Waals surface area contributed by atoms with E-state index in [9.17, 15) is 0 Å². The van der Waals surface area contributed by atoms with Crippen molar-refractivity contribution in [2.24, 2.45) is 0 Å². The van der Waals surface area contributed by atoms with Gasteiger partial charge in [-0.25, -0.2) is 0 Å². The molecule has 0 amide bonds. The molecule has 17 heavy (non-hydrogen) atoms. The molecule has 0 spiro atoms. The van der Waals surface area contributed by atoms with Crippen molar-refractivity contribution in [3.05, 3.63) is 35.9 Å². The molecule has 1 aromatic rings. The highest BCUT2D eigenvalue weighted by molar-refractivity contribution is 7.99. The monoisotopic (exact) mass is 249 g/mol. The zero-order chi connectivity index (χ0) is 11.9. The Morgan fingerprint density at radius 2 is 2.18 bits per heavy atom. The molecule has 0 saturated carbocycles. The maximum Gasteiger partial charge on any atom is 0.0322 e. The Kier molecular flexibility index (Phi) is 5.40. The van der Waals surface area contributed by atoms with Gasteiger partial charge in [-0.1, -0.05) is 43.7 Å². The Balaban J connectivity index is 1.96. The van der Waals surface area contributed by atoms with Gasteiger partial charge in [-0.05, 0) is 30.6 Å². The summed E-state index contributed by atoms with van der Waals surface area (Å²) in [6.45, 7) is 2.27. The quantitative estimate of drug-likeness (QED) is 0.846. The van der Waals surface area contributed by atoms with E-state index in [1.54, 1.807) is 0 Å². The van der Waals surface area contributed by atoms with Crippen LogP contribution in [-0.2, 0) is 0 Å². The fourth-order valence-electron chi connectivity index (χ4n) is 2.48. The van der Waals surface area contributed by atoms with Gasteiger partial charge in [0, 0.05) is 17.8 Å². The van der Waals surface area contributed by atoms with Crippen LogP contribution in [0.3, 0.4) is 0 Å². The van der Waals surface area contributed by atoms with E-state index in [-0.39, 0.29) is 0 Å². The summed E-state index contributed by atoms with van der Waals surface area (Å²) in [7, 11) is 0. The second kappa shape index (κ2) is 7.07. The molecule has 94 valence electrons. The highest BCUT2D eigenvalue weighted by Crippen LogP contribution is 2.23. The molecule has 2 unspecified atom stereocenters. The minimum Gasteiger partial charge on any atom is -0.306 e. The van der Waals surface area contributed by atoms with Crippen molar-refractivity contribution in [2.45, 2.75) is 44.7 Å². The molecule has 0 radical (unpaired) electrons. The second-order valence-corrected chi connectivity index (χ2v) is 5.98. The second-order valence-electron chi connectivity index (χ2n) is 4.83. The Morgan fingerprint density at radius 1 is 1.35 bits per heavy atom. The molecule has 0 aromatic heterocycles. The lowest BCUT2D eigenvalue weighted by atomic mass is 10.0. The number of hydrogen-bond donors (Lipinski definition) is 1. The molecule has 0 bridgehead atoms. The van der Waals surface area contributed by atoms with Crippen LogP contribution in [0.1, 0.15) is 44.2 Å². The van der Waals surface area contributed by atoms with Gasteiger partial charge >= 0.3 is 0 Å². The number of hydrogen-bond acceptors (Lipinski definition) is 2. The SMILES string of the molecule is CCCC(NC1CCCSC1)c1ccccc1. The van der Waals surface area contributed by atoms with Gasteiger partial charge in [0.25, 0.3) is 0 Å². The Morgan fingerprint density at radius 3 is 2.82 bits per heavy atom. The van der Waals surface area contributed by atoms with E-state index in [4.69, 9.17) is 0 Å². The van der Waals surface area contributed by atoms with Crippen LogP contribution in [0, 0.1) is 0 Å². The standard InChI is InChI=1S/C15H23NS/c1-2-7-15(13-8-4-3-5-9-13)16-14-10-6-11-17-12-14/h3-5,8-9,14-16H,2,6-7,10-12H2,1H3. The number of benzene rings is 1. The van der Waals surface area contributed by atoms with Gasteiger partial charge in [0.15, 0.2) is 0 Å². The van der Waals surface area contributed by atoms with Crippen LogP contribution in [0.4, 0.5) is 0 Å². The summed E-state index contributed by atoms with van der Waals surface area (Å²) in [6.07, 6.45) is 5.20. The highest BCUT2D eigenvalue weighted by atomic mass is 32.2.